The molecule has 0 aliphatic heterocycles. The molecule has 0 amide bonds. The Hall–Kier alpha value is -2.83. The number of carbonyl (C=O) groups is 3. The van der Waals surface area contributed by atoms with Gasteiger partial charge >= 0.3 is 17.9 Å². The van der Waals surface area contributed by atoms with Crippen LogP contribution in [-0.4, -0.2) is 38.7 Å². The van der Waals surface area contributed by atoms with E-state index in [1.165, 1.54) is 20.3 Å². The largest absolute Gasteiger partial charge is 0.493 e. The summed E-state index contributed by atoms with van der Waals surface area (Å²) in [6.45, 7) is -0.595. The molecule has 0 bridgehead atoms. The second kappa shape index (κ2) is 8.36. The molecule has 0 unspecified atom stereocenters. The summed E-state index contributed by atoms with van der Waals surface area (Å²) in [4.78, 5) is 33.4. The van der Waals surface area contributed by atoms with Gasteiger partial charge in [0.2, 0.25) is 0 Å². The molecule has 0 aromatic heterocycles. The van der Waals surface area contributed by atoms with Crippen LogP contribution in [0.1, 0.15) is 0 Å². The summed E-state index contributed by atoms with van der Waals surface area (Å²) in [5.41, 5.74) is 0. The van der Waals surface area contributed by atoms with Gasteiger partial charge in [-0.15, -0.1) is 0 Å². The molecule has 21 heavy (non-hydrogen) atoms. The summed E-state index contributed by atoms with van der Waals surface area (Å²) < 4.78 is 18.9. The van der Waals surface area contributed by atoms with E-state index in [9.17, 15) is 14.4 Å². The summed E-state index contributed by atoms with van der Waals surface area (Å²) >= 11 is 0. The monoisotopic (exact) mass is 294 g/mol. The number of carbonyl (C=O) groups excluding carboxylic acids is 3. The Bertz CT molecular complexity index is 548. The molecule has 0 saturated heterocycles. The maximum atomic E-state index is 11.5. The van der Waals surface area contributed by atoms with Gasteiger partial charge in [0.05, 0.1) is 14.2 Å². The average Bonchev–Trinajstić information content (AvgIpc) is 2.51. The van der Waals surface area contributed by atoms with Crippen molar-refractivity contribution < 1.29 is 33.3 Å². The predicted octanol–water partition coefficient (Wildman–Crippen LogP) is 0.873. The molecule has 1 aromatic rings. The zero-order chi connectivity index (χ0) is 15.7. The van der Waals surface area contributed by atoms with Crippen LogP contribution in [0.15, 0.2) is 36.4 Å². The van der Waals surface area contributed by atoms with Gasteiger partial charge in [-0.3, -0.25) is 0 Å². The van der Waals surface area contributed by atoms with Crippen LogP contribution in [0.3, 0.4) is 0 Å². The van der Waals surface area contributed by atoms with Gasteiger partial charge in [-0.2, -0.15) is 0 Å². The fourth-order valence-corrected chi connectivity index (χ4v) is 1.24. The highest BCUT2D eigenvalue weighted by Crippen LogP contribution is 2.25. The molecule has 0 fully saturated rings. The van der Waals surface area contributed by atoms with Crippen LogP contribution in [0.5, 0.6) is 11.5 Å². The minimum atomic E-state index is -0.864. The molecule has 0 radical (unpaired) electrons. The highest BCUT2D eigenvalue weighted by molar-refractivity contribution is 5.92. The van der Waals surface area contributed by atoms with Crippen LogP contribution >= 0.6 is 0 Å². The van der Waals surface area contributed by atoms with E-state index in [1.807, 2.05) is 0 Å². The SMILES string of the molecule is COC(=O)/C=C/C(=O)OCC(=O)Oc1ccccc1OC. The zero-order valence-electron chi connectivity index (χ0n) is 11.5. The van der Waals surface area contributed by atoms with Crippen LogP contribution < -0.4 is 9.47 Å². The second-order valence-electron chi connectivity index (χ2n) is 3.59. The summed E-state index contributed by atoms with van der Waals surface area (Å²) in [6, 6.07) is 6.54. The first-order valence-electron chi connectivity index (χ1n) is 5.83. The van der Waals surface area contributed by atoms with E-state index in [2.05, 4.69) is 9.47 Å². The molecule has 7 nitrogen and oxygen atoms in total. The van der Waals surface area contributed by atoms with Crippen LogP contribution in [-0.2, 0) is 23.9 Å². The number of hydrogen-bond acceptors (Lipinski definition) is 7. The van der Waals surface area contributed by atoms with Crippen molar-refractivity contribution in [2.24, 2.45) is 0 Å². The molecule has 1 aromatic carbocycles. The van der Waals surface area contributed by atoms with Crippen LogP contribution in [0.2, 0.25) is 0 Å². The van der Waals surface area contributed by atoms with Gasteiger partial charge in [-0.1, -0.05) is 12.1 Å². The van der Waals surface area contributed by atoms with Crippen molar-refractivity contribution in [1.82, 2.24) is 0 Å². The van der Waals surface area contributed by atoms with Gasteiger partial charge < -0.3 is 18.9 Å². The normalized spacial score (nSPS) is 10.0. The Morgan fingerprint density at radius 2 is 1.62 bits per heavy atom. The minimum absolute atomic E-state index is 0.214. The molecule has 0 spiro atoms. The third-order valence-corrected chi connectivity index (χ3v) is 2.18. The van der Waals surface area contributed by atoms with E-state index in [1.54, 1.807) is 18.2 Å². The predicted molar refractivity (Wildman–Crippen MR) is 70.7 cm³/mol. The van der Waals surface area contributed by atoms with Gasteiger partial charge in [-0.05, 0) is 12.1 Å². The average molecular weight is 294 g/mol. The van der Waals surface area contributed by atoms with Crippen molar-refractivity contribution in [2.45, 2.75) is 0 Å². The first-order chi connectivity index (χ1) is 10.1. The van der Waals surface area contributed by atoms with Crippen molar-refractivity contribution in [2.75, 3.05) is 20.8 Å². The quantitative estimate of drug-likeness (QED) is 0.437. The lowest BCUT2D eigenvalue weighted by atomic mass is 10.3. The number of ether oxygens (including phenoxy) is 4. The Morgan fingerprint density at radius 1 is 1.00 bits per heavy atom. The molecule has 7 heteroatoms. The number of para-hydroxylation sites is 2. The van der Waals surface area contributed by atoms with Crippen LogP contribution in [0, 0.1) is 0 Å². The molecule has 1 rings (SSSR count). The summed E-state index contributed by atoms with van der Waals surface area (Å²) in [5, 5.41) is 0. The Kier molecular flexibility index (Phi) is 6.46. The molecule has 112 valence electrons. The Morgan fingerprint density at radius 3 is 2.24 bits per heavy atom. The van der Waals surface area contributed by atoms with Gasteiger partial charge in [-0.25, -0.2) is 14.4 Å². The fraction of sp³-hybridized carbons (Fsp3) is 0.214. The highest BCUT2D eigenvalue weighted by atomic mass is 16.6. The van der Waals surface area contributed by atoms with Crippen LogP contribution in [0.25, 0.3) is 0 Å². The molecule has 0 heterocycles. The lowest BCUT2D eigenvalue weighted by Crippen LogP contribution is -2.18. The Labute approximate surface area is 121 Å². The summed E-state index contributed by atoms with van der Waals surface area (Å²) in [5.74, 6) is -1.76. The third kappa shape index (κ3) is 5.77. The number of benzene rings is 1. The van der Waals surface area contributed by atoms with Crippen molar-refractivity contribution in [1.29, 1.82) is 0 Å². The maximum absolute atomic E-state index is 11.5. The first kappa shape index (κ1) is 16.2. The Balaban J connectivity index is 2.46. The molecule has 0 saturated carbocycles. The highest BCUT2D eigenvalue weighted by Gasteiger charge is 2.11. The molecular weight excluding hydrogens is 280 g/mol. The number of esters is 3. The minimum Gasteiger partial charge on any atom is -0.493 e. The van der Waals surface area contributed by atoms with Crippen molar-refractivity contribution in [3.8, 4) is 11.5 Å². The lowest BCUT2D eigenvalue weighted by Gasteiger charge is -2.08. The lowest BCUT2D eigenvalue weighted by molar-refractivity contribution is -0.150. The topological polar surface area (TPSA) is 88.1 Å². The zero-order valence-corrected chi connectivity index (χ0v) is 11.5. The smallest absolute Gasteiger partial charge is 0.349 e. The van der Waals surface area contributed by atoms with E-state index >= 15 is 0 Å². The standard InChI is InChI=1S/C14H14O7/c1-18-10-5-3-4-6-11(10)21-14(17)9-20-13(16)8-7-12(15)19-2/h3-8H,9H2,1-2H3/b8-7+. The number of rotatable bonds is 6. The number of hydrogen-bond donors (Lipinski definition) is 0. The fourth-order valence-electron chi connectivity index (χ4n) is 1.24. The van der Waals surface area contributed by atoms with Crippen molar-refractivity contribution in [3.05, 3.63) is 36.4 Å². The van der Waals surface area contributed by atoms with Gasteiger partial charge in [0, 0.05) is 12.2 Å². The molecule has 0 N–H and O–H groups in total. The van der Waals surface area contributed by atoms with E-state index in [0.29, 0.717) is 5.75 Å². The van der Waals surface area contributed by atoms with Crippen molar-refractivity contribution >= 4 is 17.9 Å². The van der Waals surface area contributed by atoms with Crippen LogP contribution in [0.4, 0.5) is 0 Å². The van der Waals surface area contributed by atoms with E-state index < -0.39 is 24.5 Å². The van der Waals surface area contributed by atoms with E-state index in [-0.39, 0.29) is 5.75 Å². The van der Waals surface area contributed by atoms with Crippen molar-refractivity contribution in [3.63, 3.8) is 0 Å². The second-order valence-corrected chi connectivity index (χ2v) is 3.59. The van der Waals surface area contributed by atoms with Gasteiger partial charge in [0.15, 0.2) is 18.1 Å². The first-order valence-corrected chi connectivity index (χ1v) is 5.83. The summed E-state index contributed by atoms with van der Waals surface area (Å²) in [6.07, 6.45) is 1.73. The molecule has 0 aliphatic rings. The molecular formula is C14H14O7. The molecule has 0 aliphatic carbocycles. The van der Waals surface area contributed by atoms with E-state index in [0.717, 1.165) is 12.2 Å². The maximum Gasteiger partial charge on any atom is 0.349 e. The van der Waals surface area contributed by atoms with Gasteiger partial charge in [0.25, 0.3) is 0 Å². The van der Waals surface area contributed by atoms with E-state index in [4.69, 9.17) is 9.47 Å². The van der Waals surface area contributed by atoms with Gasteiger partial charge in [0.1, 0.15) is 0 Å². The third-order valence-electron chi connectivity index (χ3n) is 2.18. The number of methoxy groups -OCH3 is 2. The molecule has 0 atom stereocenters. The summed E-state index contributed by atoms with van der Waals surface area (Å²) in [7, 11) is 2.60.